The second-order valence-electron chi connectivity index (χ2n) is 3.94. The van der Waals surface area contributed by atoms with Crippen LogP contribution in [-0.4, -0.2) is 11.5 Å². The van der Waals surface area contributed by atoms with Gasteiger partial charge in [-0.3, -0.25) is 4.79 Å². The van der Waals surface area contributed by atoms with Crippen LogP contribution in [0.4, 0.5) is 4.39 Å². The number of hydrogen-bond acceptors (Lipinski definition) is 3. The van der Waals surface area contributed by atoms with E-state index in [9.17, 15) is 9.18 Å². The van der Waals surface area contributed by atoms with Crippen molar-refractivity contribution in [3.63, 3.8) is 0 Å². The van der Waals surface area contributed by atoms with E-state index in [1.54, 1.807) is 29.2 Å². The van der Waals surface area contributed by atoms with Crippen LogP contribution in [0.2, 0.25) is 0 Å². The van der Waals surface area contributed by atoms with E-state index in [0.29, 0.717) is 11.3 Å². The number of fused-ring (bicyclic) bond motifs is 1. The standard InChI is InChI=1S/C14H9FOS2/c15-10-3-4-13-12(7-10)14(16)9(8-18-13)6-11-2-1-5-17-11/h1-7H,8H2/b9-6-. The number of halogens is 1. The first kappa shape index (κ1) is 11.7. The summed E-state index contributed by atoms with van der Waals surface area (Å²) < 4.78 is 13.2. The molecule has 2 heterocycles. The van der Waals surface area contributed by atoms with E-state index in [2.05, 4.69) is 0 Å². The maximum atomic E-state index is 13.2. The molecule has 0 N–H and O–H groups in total. The summed E-state index contributed by atoms with van der Waals surface area (Å²) in [7, 11) is 0. The molecule has 2 aromatic rings. The Bertz CT molecular complexity index is 629. The van der Waals surface area contributed by atoms with Gasteiger partial charge in [0.2, 0.25) is 0 Å². The van der Waals surface area contributed by atoms with Gasteiger partial charge in [-0.2, -0.15) is 0 Å². The van der Waals surface area contributed by atoms with Gasteiger partial charge in [-0.15, -0.1) is 23.1 Å². The number of hydrogen-bond donors (Lipinski definition) is 0. The van der Waals surface area contributed by atoms with Crippen LogP contribution in [0.25, 0.3) is 6.08 Å². The van der Waals surface area contributed by atoms with Crippen LogP contribution in [0.15, 0.2) is 46.2 Å². The van der Waals surface area contributed by atoms with Crippen molar-refractivity contribution in [3.05, 3.63) is 57.5 Å². The lowest BCUT2D eigenvalue weighted by Gasteiger charge is -2.16. The third kappa shape index (κ3) is 2.13. The number of thiophene rings is 1. The predicted octanol–water partition coefficient (Wildman–Crippen LogP) is 4.26. The predicted molar refractivity (Wildman–Crippen MR) is 73.8 cm³/mol. The normalized spacial score (nSPS) is 16.9. The Morgan fingerprint density at radius 3 is 2.94 bits per heavy atom. The highest BCUT2D eigenvalue weighted by molar-refractivity contribution is 7.99. The molecule has 0 fully saturated rings. The van der Waals surface area contributed by atoms with Crippen LogP contribution in [0.3, 0.4) is 0 Å². The van der Waals surface area contributed by atoms with Crippen molar-refractivity contribution in [2.45, 2.75) is 4.90 Å². The highest BCUT2D eigenvalue weighted by Crippen LogP contribution is 2.34. The van der Waals surface area contributed by atoms with Gasteiger partial charge in [0.15, 0.2) is 5.78 Å². The molecule has 90 valence electrons. The molecule has 0 bridgehead atoms. The van der Waals surface area contributed by atoms with Crippen molar-refractivity contribution in [1.29, 1.82) is 0 Å². The molecule has 3 rings (SSSR count). The molecule has 1 aliphatic heterocycles. The number of benzene rings is 1. The average molecular weight is 276 g/mol. The number of carbonyl (C=O) groups excluding carboxylic acids is 1. The van der Waals surface area contributed by atoms with E-state index in [1.165, 1.54) is 12.1 Å². The lowest BCUT2D eigenvalue weighted by atomic mass is 10.0. The lowest BCUT2D eigenvalue weighted by Crippen LogP contribution is -2.12. The molecule has 0 amide bonds. The molecule has 18 heavy (non-hydrogen) atoms. The molecule has 1 aromatic carbocycles. The minimum absolute atomic E-state index is 0.0587. The van der Waals surface area contributed by atoms with Gasteiger partial charge in [-0.1, -0.05) is 6.07 Å². The first-order valence-electron chi connectivity index (χ1n) is 5.45. The van der Waals surface area contributed by atoms with E-state index in [0.717, 1.165) is 15.3 Å². The summed E-state index contributed by atoms with van der Waals surface area (Å²) in [6.45, 7) is 0. The third-order valence-corrected chi connectivity index (χ3v) is 4.66. The van der Waals surface area contributed by atoms with Gasteiger partial charge in [0.05, 0.1) is 0 Å². The molecule has 1 aromatic heterocycles. The van der Waals surface area contributed by atoms with Gasteiger partial charge in [0.25, 0.3) is 0 Å². The maximum Gasteiger partial charge on any atom is 0.191 e. The van der Waals surface area contributed by atoms with Crippen molar-refractivity contribution in [3.8, 4) is 0 Å². The molecule has 0 saturated heterocycles. The van der Waals surface area contributed by atoms with Crippen LogP contribution in [0.5, 0.6) is 0 Å². The van der Waals surface area contributed by atoms with E-state index in [-0.39, 0.29) is 11.6 Å². The summed E-state index contributed by atoms with van der Waals surface area (Å²) in [5, 5.41) is 1.97. The SMILES string of the molecule is O=C1/C(=C\c2cccs2)CSc2ccc(F)cc21. The summed E-state index contributed by atoms with van der Waals surface area (Å²) >= 11 is 3.17. The zero-order valence-electron chi connectivity index (χ0n) is 9.35. The fourth-order valence-electron chi connectivity index (χ4n) is 1.85. The zero-order chi connectivity index (χ0) is 12.5. The minimum Gasteiger partial charge on any atom is -0.289 e. The molecule has 4 heteroatoms. The van der Waals surface area contributed by atoms with Crippen LogP contribution in [0, 0.1) is 5.82 Å². The molecule has 0 aliphatic carbocycles. The Kier molecular flexibility index (Phi) is 3.06. The van der Waals surface area contributed by atoms with Crippen molar-refractivity contribution >= 4 is 35.0 Å². The second kappa shape index (κ2) is 4.71. The van der Waals surface area contributed by atoms with E-state index in [1.807, 2.05) is 23.6 Å². The Hall–Kier alpha value is -1.39. The van der Waals surface area contributed by atoms with Crippen LogP contribution >= 0.6 is 23.1 Å². The molecule has 1 aliphatic rings. The van der Waals surface area contributed by atoms with Crippen molar-refractivity contribution in [1.82, 2.24) is 0 Å². The molecule has 0 radical (unpaired) electrons. The molecular weight excluding hydrogens is 267 g/mol. The summed E-state index contributed by atoms with van der Waals surface area (Å²) in [4.78, 5) is 14.2. The summed E-state index contributed by atoms with van der Waals surface area (Å²) in [6, 6.07) is 8.32. The minimum atomic E-state index is -0.361. The number of carbonyl (C=O) groups is 1. The Labute approximate surface area is 112 Å². The van der Waals surface area contributed by atoms with Gasteiger partial charge in [0.1, 0.15) is 5.82 Å². The van der Waals surface area contributed by atoms with Crippen LogP contribution < -0.4 is 0 Å². The highest BCUT2D eigenvalue weighted by atomic mass is 32.2. The highest BCUT2D eigenvalue weighted by Gasteiger charge is 2.22. The van der Waals surface area contributed by atoms with Crippen molar-refractivity contribution < 1.29 is 9.18 Å². The largest absolute Gasteiger partial charge is 0.289 e. The quantitative estimate of drug-likeness (QED) is 0.724. The second-order valence-corrected chi connectivity index (χ2v) is 5.94. The third-order valence-electron chi connectivity index (χ3n) is 2.72. The van der Waals surface area contributed by atoms with E-state index >= 15 is 0 Å². The van der Waals surface area contributed by atoms with Crippen molar-refractivity contribution in [2.75, 3.05) is 5.75 Å². The molecule has 0 saturated carbocycles. The van der Waals surface area contributed by atoms with Crippen LogP contribution in [-0.2, 0) is 0 Å². The van der Waals surface area contributed by atoms with Gasteiger partial charge >= 0.3 is 0 Å². The zero-order valence-corrected chi connectivity index (χ0v) is 11.0. The topological polar surface area (TPSA) is 17.1 Å². The summed E-state index contributed by atoms with van der Waals surface area (Å²) in [6.07, 6.45) is 1.90. The monoisotopic (exact) mass is 276 g/mol. The molecule has 0 spiro atoms. The van der Waals surface area contributed by atoms with E-state index in [4.69, 9.17) is 0 Å². The average Bonchev–Trinajstić information content (AvgIpc) is 2.86. The molecule has 0 atom stereocenters. The summed E-state index contributed by atoms with van der Waals surface area (Å²) in [5.74, 6) is 0.228. The first-order chi connectivity index (χ1) is 8.74. The van der Waals surface area contributed by atoms with Crippen molar-refractivity contribution in [2.24, 2.45) is 0 Å². The van der Waals surface area contributed by atoms with Gasteiger partial charge in [0, 0.05) is 26.7 Å². The number of rotatable bonds is 1. The number of thioether (sulfide) groups is 1. The fourth-order valence-corrected chi connectivity index (χ4v) is 3.53. The smallest absolute Gasteiger partial charge is 0.191 e. The van der Waals surface area contributed by atoms with Gasteiger partial charge < -0.3 is 0 Å². The fraction of sp³-hybridized carbons (Fsp3) is 0.0714. The van der Waals surface area contributed by atoms with Gasteiger partial charge in [-0.05, 0) is 35.7 Å². The van der Waals surface area contributed by atoms with Crippen LogP contribution in [0.1, 0.15) is 15.2 Å². The Balaban J connectivity index is 2.01. The maximum absolute atomic E-state index is 13.2. The molecule has 1 nitrogen and oxygen atoms in total. The Morgan fingerprint density at radius 2 is 2.17 bits per heavy atom. The summed E-state index contributed by atoms with van der Waals surface area (Å²) in [5.41, 5.74) is 1.22. The lowest BCUT2D eigenvalue weighted by molar-refractivity contribution is 0.103. The Morgan fingerprint density at radius 1 is 1.28 bits per heavy atom. The number of ketones is 1. The first-order valence-corrected chi connectivity index (χ1v) is 7.32. The molecule has 0 unspecified atom stereocenters. The number of Topliss-reactive ketones (excluding diaryl/α,β-unsaturated/α-hetero) is 1. The van der Waals surface area contributed by atoms with Gasteiger partial charge in [-0.25, -0.2) is 4.39 Å². The van der Waals surface area contributed by atoms with E-state index < -0.39 is 0 Å². The molecular formula is C14H9FOS2.